The van der Waals surface area contributed by atoms with Crippen LogP contribution in [0.2, 0.25) is 0 Å². The van der Waals surface area contributed by atoms with Crippen LogP contribution in [-0.4, -0.2) is 29.9 Å². The van der Waals surface area contributed by atoms with Crippen LogP contribution < -0.4 is 0 Å². The summed E-state index contributed by atoms with van der Waals surface area (Å²) in [5.74, 6) is 0.771. The van der Waals surface area contributed by atoms with Gasteiger partial charge in [-0.15, -0.1) is 0 Å². The number of benzene rings is 1. The average Bonchev–Trinajstić information content (AvgIpc) is 2.85. The molecule has 1 aromatic rings. The maximum absolute atomic E-state index is 3.49. The fourth-order valence-electron chi connectivity index (χ4n) is 2.64. The van der Waals surface area contributed by atoms with Crippen LogP contribution >= 0.6 is 15.9 Å². The van der Waals surface area contributed by atoms with E-state index in [2.05, 4.69) is 51.2 Å². The Balaban J connectivity index is 1.72. The van der Waals surface area contributed by atoms with Crippen molar-refractivity contribution in [1.82, 2.24) is 4.90 Å². The number of alkyl halides is 1. The molecule has 17 heavy (non-hydrogen) atoms. The molecule has 0 aromatic heterocycles. The summed E-state index contributed by atoms with van der Waals surface area (Å²) in [4.78, 5) is 2.63. The Bertz CT molecular complexity index is 312. The molecule has 1 aromatic carbocycles. The minimum absolute atomic E-state index is 0.771. The highest BCUT2D eigenvalue weighted by Crippen LogP contribution is 2.26. The van der Waals surface area contributed by atoms with E-state index in [1.165, 1.54) is 50.9 Å². The van der Waals surface area contributed by atoms with E-state index in [1.54, 1.807) is 0 Å². The van der Waals surface area contributed by atoms with Gasteiger partial charge in [-0.05, 0) is 43.8 Å². The number of hydrogen-bond donors (Lipinski definition) is 0. The second-order valence-corrected chi connectivity index (χ2v) is 5.74. The molecule has 2 rings (SSSR count). The SMILES string of the molecule is BrCCCCCN1CCC(c2ccccc2)C1. The number of hydrogen-bond acceptors (Lipinski definition) is 1. The molecular formula is C15H22BrN. The van der Waals surface area contributed by atoms with Crippen LogP contribution in [0.3, 0.4) is 0 Å². The molecule has 1 aliphatic rings. The molecule has 1 saturated heterocycles. The molecule has 0 bridgehead atoms. The Morgan fingerprint density at radius 2 is 1.94 bits per heavy atom. The van der Waals surface area contributed by atoms with Gasteiger partial charge in [0.25, 0.3) is 0 Å². The first-order valence-corrected chi connectivity index (χ1v) is 7.85. The summed E-state index contributed by atoms with van der Waals surface area (Å²) in [5.41, 5.74) is 1.52. The molecule has 0 saturated carbocycles. The summed E-state index contributed by atoms with van der Waals surface area (Å²) in [6.07, 6.45) is 5.36. The van der Waals surface area contributed by atoms with E-state index in [4.69, 9.17) is 0 Å². The Kier molecular flexibility index (Phi) is 5.53. The lowest BCUT2D eigenvalue weighted by Gasteiger charge is -2.15. The second-order valence-electron chi connectivity index (χ2n) is 4.95. The van der Waals surface area contributed by atoms with Crippen LogP contribution in [0.4, 0.5) is 0 Å². The van der Waals surface area contributed by atoms with Crippen molar-refractivity contribution >= 4 is 15.9 Å². The Labute approximate surface area is 113 Å². The van der Waals surface area contributed by atoms with Crippen LogP contribution in [0.15, 0.2) is 30.3 Å². The van der Waals surface area contributed by atoms with Crippen molar-refractivity contribution in [3.63, 3.8) is 0 Å². The normalized spacial score (nSPS) is 20.9. The maximum atomic E-state index is 3.49. The van der Waals surface area contributed by atoms with Gasteiger partial charge in [0.15, 0.2) is 0 Å². The summed E-state index contributed by atoms with van der Waals surface area (Å²) in [5, 5.41) is 1.15. The molecule has 1 heterocycles. The third-order valence-electron chi connectivity index (χ3n) is 3.65. The largest absolute Gasteiger partial charge is 0.303 e. The zero-order valence-electron chi connectivity index (χ0n) is 10.4. The van der Waals surface area contributed by atoms with Crippen molar-refractivity contribution in [2.45, 2.75) is 31.6 Å². The smallest absolute Gasteiger partial charge is 0.00507 e. The molecule has 2 heteroatoms. The van der Waals surface area contributed by atoms with E-state index in [9.17, 15) is 0 Å². The zero-order chi connectivity index (χ0) is 11.9. The zero-order valence-corrected chi connectivity index (χ0v) is 12.0. The Morgan fingerprint density at radius 1 is 1.12 bits per heavy atom. The molecular weight excluding hydrogens is 274 g/mol. The highest BCUT2D eigenvalue weighted by Gasteiger charge is 2.22. The predicted molar refractivity (Wildman–Crippen MR) is 77.9 cm³/mol. The summed E-state index contributed by atoms with van der Waals surface area (Å²) in [6.45, 7) is 3.84. The van der Waals surface area contributed by atoms with Crippen molar-refractivity contribution in [2.75, 3.05) is 25.0 Å². The molecule has 0 aliphatic carbocycles. The van der Waals surface area contributed by atoms with Gasteiger partial charge in [-0.3, -0.25) is 0 Å². The summed E-state index contributed by atoms with van der Waals surface area (Å²) < 4.78 is 0. The van der Waals surface area contributed by atoms with E-state index < -0.39 is 0 Å². The van der Waals surface area contributed by atoms with Gasteiger partial charge in [-0.2, -0.15) is 0 Å². The number of nitrogens with zero attached hydrogens (tertiary/aromatic N) is 1. The fraction of sp³-hybridized carbons (Fsp3) is 0.600. The summed E-state index contributed by atoms with van der Waals surface area (Å²) >= 11 is 3.49. The van der Waals surface area contributed by atoms with Crippen molar-refractivity contribution in [1.29, 1.82) is 0 Å². The molecule has 1 nitrogen and oxygen atoms in total. The Morgan fingerprint density at radius 3 is 2.71 bits per heavy atom. The van der Waals surface area contributed by atoms with Gasteiger partial charge < -0.3 is 4.90 Å². The number of rotatable bonds is 6. The molecule has 0 amide bonds. The Hall–Kier alpha value is -0.340. The first-order valence-electron chi connectivity index (χ1n) is 6.73. The molecule has 0 radical (unpaired) electrons. The molecule has 94 valence electrons. The van der Waals surface area contributed by atoms with E-state index in [0.29, 0.717) is 0 Å². The molecule has 0 spiro atoms. The van der Waals surface area contributed by atoms with E-state index in [0.717, 1.165) is 11.2 Å². The third-order valence-corrected chi connectivity index (χ3v) is 4.21. The number of halogens is 1. The van der Waals surface area contributed by atoms with Gasteiger partial charge >= 0.3 is 0 Å². The standard InChI is InChI=1S/C15H22BrN/c16-10-5-2-6-11-17-12-9-15(13-17)14-7-3-1-4-8-14/h1,3-4,7-8,15H,2,5-6,9-13H2. The van der Waals surface area contributed by atoms with Crippen LogP contribution in [0.5, 0.6) is 0 Å². The molecule has 1 fully saturated rings. The lowest BCUT2D eigenvalue weighted by molar-refractivity contribution is 0.325. The third kappa shape index (κ3) is 4.11. The van der Waals surface area contributed by atoms with Gasteiger partial charge in [0.2, 0.25) is 0 Å². The van der Waals surface area contributed by atoms with Crippen molar-refractivity contribution < 1.29 is 0 Å². The first-order chi connectivity index (χ1) is 8.40. The summed E-state index contributed by atoms with van der Waals surface area (Å²) in [6, 6.07) is 11.0. The summed E-state index contributed by atoms with van der Waals surface area (Å²) in [7, 11) is 0. The number of likely N-dealkylation sites (tertiary alicyclic amines) is 1. The lowest BCUT2D eigenvalue weighted by Crippen LogP contribution is -2.21. The van der Waals surface area contributed by atoms with Gasteiger partial charge in [0.1, 0.15) is 0 Å². The monoisotopic (exact) mass is 295 g/mol. The number of unbranched alkanes of at least 4 members (excludes halogenated alkanes) is 2. The molecule has 0 N–H and O–H groups in total. The molecule has 1 atom stereocenters. The van der Waals surface area contributed by atoms with Gasteiger partial charge in [0.05, 0.1) is 0 Å². The van der Waals surface area contributed by atoms with Crippen molar-refractivity contribution in [2.24, 2.45) is 0 Å². The average molecular weight is 296 g/mol. The van der Waals surface area contributed by atoms with Crippen LogP contribution in [0.1, 0.15) is 37.2 Å². The van der Waals surface area contributed by atoms with E-state index in [1.807, 2.05) is 0 Å². The quantitative estimate of drug-likeness (QED) is 0.565. The lowest BCUT2D eigenvalue weighted by atomic mass is 9.99. The van der Waals surface area contributed by atoms with Crippen LogP contribution in [0.25, 0.3) is 0 Å². The van der Waals surface area contributed by atoms with Crippen LogP contribution in [0, 0.1) is 0 Å². The van der Waals surface area contributed by atoms with E-state index >= 15 is 0 Å². The van der Waals surface area contributed by atoms with Crippen molar-refractivity contribution in [3.05, 3.63) is 35.9 Å². The van der Waals surface area contributed by atoms with Gasteiger partial charge in [0, 0.05) is 11.9 Å². The second kappa shape index (κ2) is 7.17. The highest BCUT2D eigenvalue weighted by atomic mass is 79.9. The minimum atomic E-state index is 0.771. The van der Waals surface area contributed by atoms with Crippen molar-refractivity contribution in [3.8, 4) is 0 Å². The highest BCUT2D eigenvalue weighted by molar-refractivity contribution is 9.09. The van der Waals surface area contributed by atoms with E-state index in [-0.39, 0.29) is 0 Å². The predicted octanol–water partition coefficient (Wildman–Crippen LogP) is 4.04. The van der Waals surface area contributed by atoms with Gasteiger partial charge in [-0.25, -0.2) is 0 Å². The maximum Gasteiger partial charge on any atom is 0.00507 e. The first kappa shape index (κ1) is 13.1. The fourth-order valence-corrected chi connectivity index (χ4v) is 3.04. The molecule has 1 unspecified atom stereocenters. The topological polar surface area (TPSA) is 3.24 Å². The van der Waals surface area contributed by atoms with Crippen LogP contribution in [-0.2, 0) is 0 Å². The minimum Gasteiger partial charge on any atom is -0.303 e. The van der Waals surface area contributed by atoms with Gasteiger partial charge in [-0.1, -0.05) is 52.7 Å². The molecule has 1 aliphatic heterocycles.